The maximum atomic E-state index is 13.1. The summed E-state index contributed by atoms with van der Waals surface area (Å²) in [4.78, 5) is 14.2. The van der Waals surface area contributed by atoms with E-state index >= 15 is 0 Å². The van der Waals surface area contributed by atoms with Crippen LogP contribution < -0.4 is 34.7 Å². The summed E-state index contributed by atoms with van der Waals surface area (Å²) in [5.41, 5.74) is -0.0756. The average Bonchev–Trinajstić information content (AvgIpc) is 2.28. The molecule has 6 heteroatoms. The number of carbonyl (C=O) groups is 1. The molecule has 2 aromatic rings. The molecule has 0 aliphatic carbocycles. The fourth-order valence-corrected chi connectivity index (χ4v) is 1.39. The molecule has 0 saturated carbocycles. The van der Waals surface area contributed by atoms with Crippen LogP contribution in [0.2, 0.25) is 0 Å². The van der Waals surface area contributed by atoms with Gasteiger partial charge >= 0.3 is 35.5 Å². The number of nitrogens with zero attached hydrogens (tertiary/aromatic N) is 1. The van der Waals surface area contributed by atoms with Crippen LogP contribution in [0.5, 0.6) is 0 Å². The van der Waals surface area contributed by atoms with E-state index in [1.807, 2.05) is 0 Å². The Bertz CT molecular complexity index is 560. The number of aromatic nitrogens is 1. The molecule has 0 radical (unpaired) electrons. The summed E-state index contributed by atoms with van der Waals surface area (Å²) in [6, 6.07) is 6.64. The van der Waals surface area contributed by atoms with E-state index in [1.54, 1.807) is 12.1 Å². The van der Waals surface area contributed by atoms with Crippen molar-refractivity contribution in [3.8, 4) is 0 Å². The van der Waals surface area contributed by atoms with E-state index in [0.717, 1.165) is 12.1 Å². The fourth-order valence-electron chi connectivity index (χ4n) is 1.39. The third kappa shape index (κ3) is 2.62. The van der Waals surface area contributed by atoms with Gasteiger partial charge in [-0.25, -0.2) is 0 Å². The van der Waals surface area contributed by atoms with Crippen LogP contribution in [0.1, 0.15) is 5.56 Å². The standard InChI is InChI=1S/C11H7F2NO2.Na/c12-11(13,10(15)16)8-3-4-9-7(6-8)2-1-5-14-9;/h1-6H,(H,15,16);/q;+1/p-1. The molecule has 82 valence electrons. The molecule has 0 atom stereocenters. The summed E-state index contributed by atoms with van der Waals surface area (Å²) in [6.07, 6.45) is 1.53. The van der Waals surface area contributed by atoms with Gasteiger partial charge in [0.15, 0.2) is 0 Å². The van der Waals surface area contributed by atoms with Gasteiger partial charge in [0, 0.05) is 17.1 Å². The van der Waals surface area contributed by atoms with Crippen molar-refractivity contribution in [1.82, 2.24) is 4.98 Å². The van der Waals surface area contributed by atoms with E-state index in [4.69, 9.17) is 0 Å². The SMILES string of the molecule is O=C([O-])C(F)(F)c1ccc2ncccc2c1.[Na+]. The van der Waals surface area contributed by atoms with Crippen LogP contribution >= 0.6 is 0 Å². The predicted molar refractivity (Wildman–Crippen MR) is 50.6 cm³/mol. The molecule has 0 saturated heterocycles. The molecule has 0 unspecified atom stereocenters. The second-order valence-corrected chi connectivity index (χ2v) is 3.27. The summed E-state index contributed by atoms with van der Waals surface area (Å²) in [5, 5.41) is 10.7. The van der Waals surface area contributed by atoms with Crippen molar-refractivity contribution in [3.63, 3.8) is 0 Å². The van der Waals surface area contributed by atoms with Crippen LogP contribution in [-0.2, 0) is 10.7 Å². The molecule has 1 aromatic carbocycles. The summed E-state index contributed by atoms with van der Waals surface area (Å²) in [6.45, 7) is 0. The minimum atomic E-state index is -3.98. The van der Waals surface area contributed by atoms with Crippen molar-refractivity contribution in [2.24, 2.45) is 0 Å². The zero-order valence-electron chi connectivity index (χ0n) is 8.98. The van der Waals surface area contributed by atoms with Gasteiger partial charge in [-0.05, 0) is 18.2 Å². The van der Waals surface area contributed by atoms with Crippen molar-refractivity contribution < 1.29 is 48.2 Å². The van der Waals surface area contributed by atoms with Gasteiger partial charge in [-0.3, -0.25) is 4.98 Å². The number of hydrogen-bond donors (Lipinski definition) is 0. The molecule has 0 aliphatic heterocycles. The van der Waals surface area contributed by atoms with Crippen molar-refractivity contribution in [2.75, 3.05) is 0 Å². The largest absolute Gasteiger partial charge is 1.00 e. The second kappa shape index (κ2) is 5.08. The van der Waals surface area contributed by atoms with Crippen molar-refractivity contribution >= 4 is 16.9 Å². The Morgan fingerprint density at radius 2 is 2.00 bits per heavy atom. The molecule has 0 amide bonds. The van der Waals surface area contributed by atoms with Crippen LogP contribution in [0.15, 0.2) is 36.5 Å². The Balaban J connectivity index is 0.00000144. The monoisotopic (exact) mass is 245 g/mol. The Hall–Kier alpha value is -1.04. The van der Waals surface area contributed by atoms with Crippen LogP contribution in [0.25, 0.3) is 10.9 Å². The topological polar surface area (TPSA) is 53.0 Å². The van der Waals surface area contributed by atoms with E-state index in [-0.39, 0.29) is 29.6 Å². The fraction of sp³-hybridized carbons (Fsp3) is 0.0909. The third-order valence-corrected chi connectivity index (χ3v) is 2.22. The van der Waals surface area contributed by atoms with Gasteiger partial charge < -0.3 is 9.90 Å². The summed E-state index contributed by atoms with van der Waals surface area (Å²) in [5.74, 6) is -6.39. The minimum absolute atomic E-state index is 0. The van der Waals surface area contributed by atoms with Gasteiger partial charge in [-0.1, -0.05) is 12.1 Å². The van der Waals surface area contributed by atoms with Gasteiger partial charge in [0.1, 0.15) is 5.97 Å². The number of aliphatic carboxylic acids is 1. The number of halogens is 2. The van der Waals surface area contributed by atoms with E-state index in [1.165, 1.54) is 12.3 Å². The van der Waals surface area contributed by atoms with Crippen LogP contribution in [0, 0.1) is 0 Å². The quantitative estimate of drug-likeness (QED) is 0.580. The zero-order chi connectivity index (χ0) is 11.8. The molecule has 3 nitrogen and oxygen atoms in total. The Morgan fingerprint density at radius 1 is 1.29 bits per heavy atom. The Kier molecular flexibility index (Phi) is 4.19. The van der Waals surface area contributed by atoms with E-state index in [2.05, 4.69) is 4.98 Å². The second-order valence-electron chi connectivity index (χ2n) is 3.27. The van der Waals surface area contributed by atoms with Gasteiger partial charge in [0.25, 0.3) is 0 Å². The number of carbonyl (C=O) groups excluding carboxylic acids is 1. The molecule has 0 N–H and O–H groups in total. The van der Waals surface area contributed by atoms with Crippen molar-refractivity contribution in [2.45, 2.75) is 5.92 Å². The zero-order valence-corrected chi connectivity index (χ0v) is 11.0. The molecular formula is C11H6F2NNaO2. The number of fused-ring (bicyclic) bond motifs is 1. The number of hydrogen-bond acceptors (Lipinski definition) is 3. The van der Waals surface area contributed by atoms with Gasteiger partial charge in [0.05, 0.1) is 5.52 Å². The molecule has 2 rings (SSSR count). The summed E-state index contributed by atoms with van der Waals surface area (Å²) < 4.78 is 26.2. The number of pyridine rings is 1. The first-order valence-corrected chi connectivity index (χ1v) is 4.46. The molecular weight excluding hydrogens is 239 g/mol. The van der Waals surface area contributed by atoms with E-state index in [9.17, 15) is 18.7 Å². The first kappa shape index (κ1) is 14.0. The number of alkyl halides is 2. The average molecular weight is 245 g/mol. The number of carboxylic acid groups (broad SMARTS) is 1. The summed E-state index contributed by atoms with van der Waals surface area (Å²) in [7, 11) is 0. The molecule has 1 heterocycles. The van der Waals surface area contributed by atoms with Crippen LogP contribution in [0.3, 0.4) is 0 Å². The van der Waals surface area contributed by atoms with E-state index in [0.29, 0.717) is 10.9 Å². The molecule has 0 fully saturated rings. The van der Waals surface area contributed by atoms with Gasteiger partial charge in [0.2, 0.25) is 0 Å². The number of rotatable bonds is 2. The maximum absolute atomic E-state index is 13.1. The normalized spacial score (nSPS) is 10.9. The smallest absolute Gasteiger partial charge is 0.544 e. The number of carboxylic acids is 1. The molecule has 1 aromatic heterocycles. The first-order chi connectivity index (χ1) is 7.51. The molecule has 0 bridgehead atoms. The minimum Gasteiger partial charge on any atom is -0.544 e. The Morgan fingerprint density at radius 3 is 2.65 bits per heavy atom. The van der Waals surface area contributed by atoms with Gasteiger partial charge in [-0.2, -0.15) is 8.78 Å². The van der Waals surface area contributed by atoms with Gasteiger partial charge in [-0.15, -0.1) is 0 Å². The van der Waals surface area contributed by atoms with Crippen LogP contribution in [0.4, 0.5) is 8.78 Å². The number of benzene rings is 1. The molecule has 0 spiro atoms. The third-order valence-electron chi connectivity index (χ3n) is 2.22. The van der Waals surface area contributed by atoms with Crippen molar-refractivity contribution in [1.29, 1.82) is 0 Å². The summed E-state index contributed by atoms with van der Waals surface area (Å²) >= 11 is 0. The Labute approximate surface area is 118 Å². The first-order valence-electron chi connectivity index (χ1n) is 4.46. The van der Waals surface area contributed by atoms with Crippen molar-refractivity contribution in [3.05, 3.63) is 42.1 Å². The van der Waals surface area contributed by atoms with Crippen LogP contribution in [-0.4, -0.2) is 11.0 Å². The molecule has 17 heavy (non-hydrogen) atoms. The maximum Gasteiger partial charge on any atom is 1.00 e. The molecule has 0 aliphatic rings. The predicted octanol–water partition coefficient (Wildman–Crippen LogP) is -1.92. The van der Waals surface area contributed by atoms with E-state index < -0.39 is 17.5 Å².